The molecule has 0 aliphatic heterocycles. The molecule has 0 radical (unpaired) electrons. The molecule has 0 bridgehead atoms. The SMILES string of the molecule is COc1ccc2cc(C#N)c(=O)n(-c3ccc(Cl)nc3)c2c1. The summed E-state index contributed by atoms with van der Waals surface area (Å²) in [6.45, 7) is 0. The van der Waals surface area contributed by atoms with Crippen molar-refractivity contribution in [2.75, 3.05) is 7.11 Å². The molecule has 5 nitrogen and oxygen atoms in total. The lowest BCUT2D eigenvalue weighted by atomic mass is 10.1. The number of methoxy groups -OCH3 is 1. The highest BCUT2D eigenvalue weighted by Crippen LogP contribution is 2.23. The fraction of sp³-hybridized carbons (Fsp3) is 0.0625. The van der Waals surface area contributed by atoms with Gasteiger partial charge in [0, 0.05) is 11.5 Å². The molecule has 0 spiro atoms. The Morgan fingerprint density at radius 2 is 2.09 bits per heavy atom. The van der Waals surface area contributed by atoms with Gasteiger partial charge in [0.15, 0.2) is 0 Å². The molecule has 3 aromatic rings. The smallest absolute Gasteiger partial charge is 0.273 e. The molecule has 1 aromatic carbocycles. The zero-order valence-electron chi connectivity index (χ0n) is 11.6. The van der Waals surface area contributed by atoms with Gasteiger partial charge in [0.2, 0.25) is 0 Å². The predicted molar refractivity (Wildman–Crippen MR) is 83.6 cm³/mol. The summed E-state index contributed by atoms with van der Waals surface area (Å²) in [6, 6.07) is 12.1. The molecule has 0 unspecified atom stereocenters. The highest BCUT2D eigenvalue weighted by Gasteiger charge is 2.12. The first kappa shape index (κ1) is 14.1. The average Bonchev–Trinajstić information content (AvgIpc) is 2.55. The lowest BCUT2D eigenvalue weighted by molar-refractivity contribution is 0.415. The summed E-state index contributed by atoms with van der Waals surface area (Å²) >= 11 is 5.79. The Kier molecular flexibility index (Phi) is 3.53. The lowest BCUT2D eigenvalue weighted by Gasteiger charge is -2.12. The van der Waals surface area contributed by atoms with Crippen LogP contribution < -0.4 is 10.3 Å². The van der Waals surface area contributed by atoms with Crippen LogP contribution in [0.5, 0.6) is 5.75 Å². The number of pyridine rings is 2. The second kappa shape index (κ2) is 5.51. The van der Waals surface area contributed by atoms with Gasteiger partial charge in [-0.3, -0.25) is 9.36 Å². The Labute approximate surface area is 131 Å². The number of aromatic nitrogens is 2. The van der Waals surface area contributed by atoms with Crippen molar-refractivity contribution in [1.82, 2.24) is 9.55 Å². The molecule has 0 atom stereocenters. The van der Waals surface area contributed by atoms with Gasteiger partial charge in [-0.25, -0.2) is 4.98 Å². The van der Waals surface area contributed by atoms with E-state index in [-0.39, 0.29) is 5.56 Å². The Morgan fingerprint density at radius 3 is 2.73 bits per heavy atom. The van der Waals surface area contributed by atoms with E-state index in [4.69, 9.17) is 21.6 Å². The molecule has 22 heavy (non-hydrogen) atoms. The second-order valence-corrected chi connectivity index (χ2v) is 4.96. The van der Waals surface area contributed by atoms with Gasteiger partial charge in [-0.15, -0.1) is 0 Å². The van der Waals surface area contributed by atoms with Crippen LogP contribution >= 0.6 is 11.6 Å². The maximum Gasteiger partial charge on any atom is 0.273 e. The summed E-state index contributed by atoms with van der Waals surface area (Å²) in [4.78, 5) is 16.5. The maximum atomic E-state index is 12.5. The van der Waals surface area contributed by atoms with E-state index in [1.807, 2.05) is 6.07 Å². The van der Waals surface area contributed by atoms with Gasteiger partial charge in [-0.2, -0.15) is 5.26 Å². The number of nitrogens with zero attached hydrogens (tertiary/aromatic N) is 3. The number of ether oxygens (including phenoxy) is 1. The van der Waals surface area contributed by atoms with Crippen LogP contribution in [-0.2, 0) is 0 Å². The molecule has 0 saturated carbocycles. The number of hydrogen-bond donors (Lipinski definition) is 0. The lowest BCUT2D eigenvalue weighted by Crippen LogP contribution is -2.21. The zero-order chi connectivity index (χ0) is 15.7. The fourth-order valence-electron chi connectivity index (χ4n) is 2.25. The monoisotopic (exact) mass is 311 g/mol. The first-order chi connectivity index (χ1) is 10.6. The van der Waals surface area contributed by atoms with Gasteiger partial charge < -0.3 is 4.74 Å². The molecular formula is C16H10ClN3O2. The maximum absolute atomic E-state index is 12.5. The van der Waals surface area contributed by atoms with E-state index in [1.54, 1.807) is 43.5 Å². The molecule has 108 valence electrons. The van der Waals surface area contributed by atoms with Gasteiger partial charge in [0.25, 0.3) is 5.56 Å². The Balaban J connectivity index is 2.43. The molecule has 0 N–H and O–H groups in total. The topological polar surface area (TPSA) is 67.9 Å². The molecule has 0 aliphatic rings. The molecule has 0 saturated heterocycles. The van der Waals surface area contributed by atoms with Crippen LogP contribution in [0.1, 0.15) is 5.56 Å². The van der Waals surface area contributed by atoms with Crippen LogP contribution in [0.4, 0.5) is 0 Å². The van der Waals surface area contributed by atoms with Crippen LogP contribution in [0.2, 0.25) is 5.15 Å². The standard InChI is InChI=1S/C16H10ClN3O2/c1-22-13-4-2-10-6-11(8-18)16(21)20(14(10)7-13)12-3-5-15(17)19-9-12/h2-7,9H,1H3. The molecule has 6 heteroatoms. The van der Waals surface area contributed by atoms with E-state index in [0.717, 1.165) is 5.39 Å². The largest absolute Gasteiger partial charge is 0.497 e. The van der Waals surface area contributed by atoms with E-state index >= 15 is 0 Å². The zero-order valence-corrected chi connectivity index (χ0v) is 12.3. The number of fused-ring (bicyclic) bond motifs is 1. The van der Waals surface area contributed by atoms with Crippen molar-refractivity contribution in [2.24, 2.45) is 0 Å². The minimum Gasteiger partial charge on any atom is -0.497 e. The van der Waals surface area contributed by atoms with E-state index < -0.39 is 5.56 Å². The molecule has 0 aliphatic carbocycles. The van der Waals surface area contributed by atoms with E-state index in [2.05, 4.69) is 4.98 Å². The van der Waals surface area contributed by atoms with Crippen molar-refractivity contribution >= 4 is 22.5 Å². The minimum atomic E-state index is -0.410. The number of nitriles is 1. The first-order valence-corrected chi connectivity index (χ1v) is 6.77. The number of rotatable bonds is 2. The molecular weight excluding hydrogens is 302 g/mol. The summed E-state index contributed by atoms with van der Waals surface area (Å²) in [5.74, 6) is 0.618. The number of benzene rings is 1. The van der Waals surface area contributed by atoms with Gasteiger partial charge in [-0.05, 0) is 30.3 Å². The van der Waals surface area contributed by atoms with Crippen molar-refractivity contribution < 1.29 is 4.74 Å². The van der Waals surface area contributed by atoms with E-state index in [1.165, 1.54) is 10.8 Å². The third-order valence-electron chi connectivity index (χ3n) is 3.30. The molecule has 2 heterocycles. The Morgan fingerprint density at radius 1 is 1.27 bits per heavy atom. The van der Waals surface area contributed by atoms with Crippen molar-refractivity contribution in [1.29, 1.82) is 5.26 Å². The van der Waals surface area contributed by atoms with E-state index in [9.17, 15) is 4.79 Å². The summed E-state index contributed by atoms with van der Waals surface area (Å²) in [6.07, 6.45) is 1.49. The van der Waals surface area contributed by atoms with Gasteiger partial charge >= 0.3 is 0 Å². The highest BCUT2D eigenvalue weighted by atomic mass is 35.5. The Bertz CT molecular complexity index is 956. The van der Waals surface area contributed by atoms with Crippen molar-refractivity contribution in [2.45, 2.75) is 0 Å². The summed E-state index contributed by atoms with van der Waals surface area (Å²) < 4.78 is 6.64. The predicted octanol–water partition coefficient (Wildman–Crippen LogP) is 2.92. The molecule has 2 aromatic heterocycles. The van der Waals surface area contributed by atoms with Crippen LogP contribution in [-0.4, -0.2) is 16.7 Å². The second-order valence-electron chi connectivity index (χ2n) is 4.57. The van der Waals surface area contributed by atoms with E-state index in [0.29, 0.717) is 22.1 Å². The molecule has 0 amide bonds. The summed E-state index contributed by atoms with van der Waals surface area (Å²) in [5.41, 5.74) is 0.817. The number of halogens is 1. The molecule has 3 rings (SSSR count). The Hall–Kier alpha value is -2.84. The van der Waals surface area contributed by atoms with Gasteiger partial charge in [-0.1, -0.05) is 11.6 Å². The number of hydrogen-bond acceptors (Lipinski definition) is 4. The van der Waals surface area contributed by atoms with Crippen molar-refractivity contribution in [3.8, 4) is 17.5 Å². The molecule has 0 fully saturated rings. The van der Waals surface area contributed by atoms with Crippen LogP contribution in [0.15, 0.2) is 47.4 Å². The van der Waals surface area contributed by atoms with Crippen LogP contribution in [0.25, 0.3) is 16.6 Å². The average molecular weight is 312 g/mol. The summed E-state index contributed by atoms with van der Waals surface area (Å²) in [7, 11) is 1.55. The van der Waals surface area contributed by atoms with Crippen molar-refractivity contribution in [3.05, 3.63) is 63.7 Å². The quantitative estimate of drug-likeness (QED) is 0.682. The highest BCUT2D eigenvalue weighted by molar-refractivity contribution is 6.29. The van der Waals surface area contributed by atoms with Crippen molar-refractivity contribution in [3.63, 3.8) is 0 Å². The van der Waals surface area contributed by atoms with Gasteiger partial charge in [0.1, 0.15) is 22.5 Å². The normalized spacial score (nSPS) is 10.4. The van der Waals surface area contributed by atoms with Crippen LogP contribution in [0, 0.1) is 11.3 Å². The first-order valence-electron chi connectivity index (χ1n) is 6.40. The third kappa shape index (κ3) is 2.30. The van der Waals surface area contributed by atoms with Gasteiger partial charge in [0.05, 0.1) is 24.5 Å². The third-order valence-corrected chi connectivity index (χ3v) is 3.53. The van der Waals surface area contributed by atoms with Crippen LogP contribution in [0.3, 0.4) is 0 Å². The fourth-order valence-corrected chi connectivity index (χ4v) is 2.36. The minimum absolute atomic E-state index is 0.0626. The summed E-state index contributed by atoms with van der Waals surface area (Å²) in [5, 5.41) is 10.3.